The van der Waals surface area contributed by atoms with E-state index in [1.54, 1.807) is 26.0 Å². The molecule has 0 heterocycles. The third-order valence-corrected chi connectivity index (χ3v) is 7.45. The average Bonchev–Trinajstić information content (AvgIpc) is 2.66. The smallest absolute Gasteiger partial charge is 0.241 e. The molecule has 7 nitrogen and oxygen atoms in total. The fraction of sp³-hybridized carbons (Fsp3) is 0.364. The number of sulfonamides is 1. The summed E-state index contributed by atoms with van der Waals surface area (Å²) < 4.78 is 28.3. The molecule has 2 aromatic rings. The van der Waals surface area contributed by atoms with E-state index in [9.17, 15) is 18.0 Å². The molecular formula is C22H28ClN3O4S. The standard InChI is InChI=1S/C22H28ClN3O4S/c1-12-13(2)15(4)22(16(5)14(12)3)31(29,30)24-10-9-21(28)26-18-7-8-20(19(23)11-18)25-17(6)27/h7-8,11,24H,9-10H2,1-6H3,(H,25,27)(H,26,28). The molecule has 2 amide bonds. The Morgan fingerprint density at radius 3 is 1.97 bits per heavy atom. The van der Waals surface area contributed by atoms with Gasteiger partial charge in [-0.05, 0) is 80.6 Å². The lowest BCUT2D eigenvalue weighted by atomic mass is 9.95. The molecule has 0 atom stereocenters. The summed E-state index contributed by atoms with van der Waals surface area (Å²) in [5.74, 6) is -0.619. The van der Waals surface area contributed by atoms with Crippen molar-refractivity contribution >= 4 is 44.8 Å². The number of benzene rings is 2. The van der Waals surface area contributed by atoms with Gasteiger partial charge in [0, 0.05) is 25.6 Å². The normalized spacial score (nSPS) is 11.3. The van der Waals surface area contributed by atoms with Gasteiger partial charge in [0.25, 0.3) is 0 Å². The Hall–Kier alpha value is -2.42. The molecule has 0 bridgehead atoms. The van der Waals surface area contributed by atoms with E-state index >= 15 is 0 Å². The monoisotopic (exact) mass is 465 g/mol. The number of nitrogens with one attached hydrogen (secondary N) is 3. The molecule has 31 heavy (non-hydrogen) atoms. The minimum absolute atomic E-state index is 0.0449. The van der Waals surface area contributed by atoms with Crippen molar-refractivity contribution in [3.05, 3.63) is 51.0 Å². The van der Waals surface area contributed by atoms with Gasteiger partial charge in [0.05, 0.1) is 15.6 Å². The van der Waals surface area contributed by atoms with Crippen LogP contribution in [0.4, 0.5) is 11.4 Å². The predicted octanol–water partition coefficient (Wildman–Crippen LogP) is 4.15. The number of anilines is 2. The zero-order valence-electron chi connectivity index (χ0n) is 18.6. The molecule has 168 valence electrons. The second-order valence-electron chi connectivity index (χ2n) is 7.53. The number of rotatable bonds is 7. The molecule has 0 saturated carbocycles. The van der Waals surface area contributed by atoms with E-state index in [2.05, 4.69) is 15.4 Å². The summed E-state index contributed by atoms with van der Waals surface area (Å²) in [5, 5.41) is 5.53. The first-order valence-corrected chi connectivity index (χ1v) is 11.6. The van der Waals surface area contributed by atoms with Crippen LogP contribution in [0.3, 0.4) is 0 Å². The lowest BCUT2D eigenvalue weighted by Gasteiger charge is -2.19. The maximum Gasteiger partial charge on any atom is 0.241 e. The number of halogens is 1. The summed E-state index contributed by atoms with van der Waals surface area (Å²) in [5.41, 5.74) is 5.29. The lowest BCUT2D eigenvalue weighted by Crippen LogP contribution is -2.29. The SMILES string of the molecule is CC(=O)Nc1ccc(NC(=O)CCNS(=O)(=O)c2c(C)c(C)c(C)c(C)c2C)cc1Cl. The highest BCUT2D eigenvalue weighted by atomic mass is 35.5. The van der Waals surface area contributed by atoms with Gasteiger partial charge < -0.3 is 10.6 Å². The largest absolute Gasteiger partial charge is 0.326 e. The van der Waals surface area contributed by atoms with Crippen LogP contribution in [0.1, 0.15) is 41.2 Å². The van der Waals surface area contributed by atoms with Crippen molar-refractivity contribution in [1.82, 2.24) is 4.72 Å². The van der Waals surface area contributed by atoms with Gasteiger partial charge in [0.15, 0.2) is 0 Å². The van der Waals surface area contributed by atoms with Crippen LogP contribution in [0.5, 0.6) is 0 Å². The van der Waals surface area contributed by atoms with Gasteiger partial charge >= 0.3 is 0 Å². The number of hydrogen-bond acceptors (Lipinski definition) is 4. The molecular weight excluding hydrogens is 438 g/mol. The van der Waals surface area contributed by atoms with Gasteiger partial charge in [-0.15, -0.1) is 0 Å². The summed E-state index contributed by atoms with van der Waals surface area (Å²) in [6.45, 7) is 10.7. The van der Waals surface area contributed by atoms with Crippen LogP contribution in [0.15, 0.2) is 23.1 Å². The molecule has 0 saturated heterocycles. The molecule has 2 aromatic carbocycles. The quantitative estimate of drug-likeness (QED) is 0.571. The zero-order chi connectivity index (χ0) is 23.5. The number of carbonyl (C=O) groups is 2. The first-order chi connectivity index (χ1) is 14.3. The molecule has 0 spiro atoms. The second kappa shape index (κ2) is 9.80. The Morgan fingerprint density at radius 1 is 0.903 bits per heavy atom. The molecule has 0 aromatic heterocycles. The molecule has 9 heteroatoms. The number of amides is 2. The molecule has 0 radical (unpaired) electrons. The van der Waals surface area contributed by atoms with Gasteiger partial charge in [-0.25, -0.2) is 13.1 Å². The van der Waals surface area contributed by atoms with Crippen LogP contribution in [0.2, 0.25) is 5.02 Å². The van der Waals surface area contributed by atoms with E-state index in [-0.39, 0.29) is 34.7 Å². The van der Waals surface area contributed by atoms with Gasteiger partial charge in [-0.2, -0.15) is 0 Å². The summed E-state index contributed by atoms with van der Waals surface area (Å²) >= 11 is 6.10. The van der Waals surface area contributed by atoms with E-state index in [1.807, 2.05) is 20.8 Å². The summed E-state index contributed by atoms with van der Waals surface area (Å²) in [4.78, 5) is 23.6. The highest BCUT2D eigenvalue weighted by Gasteiger charge is 2.23. The van der Waals surface area contributed by atoms with Crippen LogP contribution in [-0.2, 0) is 19.6 Å². The maximum atomic E-state index is 12.9. The van der Waals surface area contributed by atoms with Crippen molar-refractivity contribution < 1.29 is 18.0 Å². The Bertz CT molecular complexity index is 1110. The molecule has 2 rings (SSSR count). The van der Waals surface area contributed by atoms with Crippen LogP contribution in [-0.4, -0.2) is 26.8 Å². The van der Waals surface area contributed by atoms with E-state index in [0.29, 0.717) is 22.5 Å². The third kappa shape index (κ3) is 5.84. The molecule has 0 unspecified atom stereocenters. The van der Waals surface area contributed by atoms with Crippen molar-refractivity contribution in [1.29, 1.82) is 0 Å². The van der Waals surface area contributed by atoms with E-state index in [4.69, 9.17) is 11.6 Å². The zero-order valence-corrected chi connectivity index (χ0v) is 20.1. The molecule has 0 fully saturated rings. The van der Waals surface area contributed by atoms with Gasteiger partial charge in [-0.1, -0.05) is 11.6 Å². The van der Waals surface area contributed by atoms with E-state index < -0.39 is 10.0 Å². The van der Waals surface area contributed by atoms with Crippen LogP contribution < -0.4 is 15.4 Å². The Kier molecular flexibility index (Phi) is 7.86. The topological polar surface area (TPSA) is 104 Å². The van der Waals surface area contributed by atoms with E-state index in [1.165, 1.54) is 13.0 Å². The highest BCUT2D eigenvalue weighted by molar-refractivity contribution is 7.89. The predicted molar refractivity (Wildman–Crippen MR) is 124 cm³/mol. The van der Waals surface area contributed by atoms with Crippen LogP contribution in [0, 0.1) is 34.6 Å². The molecule has 3 N–H and O–H groups in total. The maximum absolute atomic E-state index is 12.9. The van der Waals surface area contributed by atoms with Gasteiger partial charge in [0.2, 0.25) is 21.8 Å². The van der Waals surface area contributed by atoms with E-state index in [0.717, 1.165) is 16.7 Å². The van der Waals surface area contributed by atoms with Gasteiger partial charge in [-0.3, -0.25) is 9.59 Å². The van der Waals surface area contributed by atoms with Crippen molar-refractivity contribution in [2.24, 2.45) is 0 Å². The first kappa shape index (κ1) is 24.8. The van der Waals surface area contributed by atoms with Crippen LogP contribution >= 0.6 is 11.6 Å². The Labute approximate surface area is 188 Å². The summed E-state index contributed by atoms with van der Waals surface area (Å²) in [6.07, 6.45) is -0.0494. The first-order valence-electron chi connectivity index (χ1n) is 9.78. The summed E-state index contributed by atoms with van der Waals surface area (Å²) in [6, 6.07) is 4.69. The molecule has 0 aliphatic heterocycles. The van der Waals surface area contributed by atoms with Crippen molar-refractivity contribution in [2.75, 3.05) is 17.2 Å². The second-order valence-corrected chi connectivity index (χ2v) is 9.64. The van der Waals surface area contributed by atoms with Crippen molar-refractivity contribution in [3.8, 4) is 0 Å². The fourth-order valence-corrected chi connectivity index (χ4v) is 5.20. The van der Waals surface area contributed by atoms with Crippen LogP contribution in [0.25, 0.3) is 0 Å². The minimum atomic E-state index is -3.77. The minimum Gasteiger partial charge on any atom is -0.326 e. The van der Waals surface area contributed by atoms with Gasteiger partial charge in [0.1, 0.15) is 0 Å². The summed E-state index contributed by atoms with van der Waals surface area (Å²) in [7, 11) is -3.77. The van der Waals surface area contributed by atoms with Crippen molar-refractivity contribution in [2.45, 2.75) is 52.9 Å². The fourth-order valence-electron chi connectivity index (χ4n) is 3.35. The number of carbonyl (C=O) groups excluding carboxylic acids is 2. The highest BCUT2D eigenvalue weighted by Crippen LogP contribution is 2.29. The lowest BCUT2D eigenvalue weighted by molar-refractivity contribution is -0.116. The Morgan fingerprint density at radius 2 is 1.45 bits per heavy atom. The molecule has 0 aliphatic rings. The number of hydrogen-bond donors (Lipinski definition) is 3. The van der Waals surface area contributed by atoms with Crippen molar-refractivity contribution in [3.63, 3.8) is 0 Å². The Balaban J connectivity index is 2.04. The third-order valence-electron chi connectivity index (χ3n) is 5.41. The average molecular weight is 466 g/mol. The molecule has 0 aliphatic carbocycles.